The molecule has 2 N–H and O–H groups in total. The third kappa shape index (κ3) is 2.11. The first-order valence-electron chi connectivity index (χ1n) is 6.14. The fraction of sp³-hybridized carbons (Fsp3) is 0.385. The minimum atomic E-state index is 0.0528. The van der Waals surface area contributed by atoms with Crippen LogP contribution in [0.4, 0.5) is 5.13 Å². The Morgan fingerprint density at radius 3 is 3.06 bits per heavy atom. The molecule has 0 bridgehead atoms. The van der Waals surface area contributed by atoms with Crippen LogP contribution in [0.25, 0.3) is 10.2 Å². The number of hydrogen-bond donors (Lipinski definition) is 2. The molecule has 0 aliphatic carbocycles. The molecular formula is C13H15N3OS. The van der Waals surface area contributed by atoms with E-state index in [0.717, 1.165) is 23.2 Å². The minimum absolute atomic E-state index is 0.0528. The second-order valence-electron chi connectivity index (χ2n) is 4.61. The molecule has 94 valence electrons. The maximum atomic E-state index is 12.1. The summed E-state index contributed by atoms with van der Waals surface area (Å²) in [6.07, 6.45) is 0.901. The smallest absolute Gasteiger partial charge is 0.230 e. The summed E-state index contributed by atoms with van der Waals surface area (Å²) >= 11 is 1.52. The van der Waals surface area contributed by atoms with Gasteiger partial charge < -0.3 is 10.6 Å². The molecule has 1 aliphatic heterocycles. The fourth-order valence-electron chi connectivity index (χ4n) is 2.34. The van der Waals surface area contributed by atoms with Crippen molar-refractivity contribution in [1.29, 1.82) is 0 Å². The lowest BCUT2D eigenvalue weighted by Gasteiger charge is -2.13. The third-order valence-electron chi connectivity index (χ3n) is 3.39. The molecule has 2 heterocycles. The molecule has 2 aromatic rings. The lowest BCUT2D eigenvalue weighted by Crippen LogP contribution is -2.31. The first-order valence-corrected chi connectivity index (χ1v) is 6.95. The van der Waals surface area contributed by atoms with Gasteiger partial charge in [-0.15, -0.1) is 0 Å². The summed E-state index contributed by atoms with van der Waals surface area (Å²) in [6, 6.07) is 8.16. The van der Waals surface area contributed by atoms with Crippen molar-refractivity contribution in [2.45, 2.75) is 19.4 Å². The summed E-state index contributed by atoms with van der Waals surface area (Å²) in [7, 11) is 0. The minimum Gasteiger partial charge on any atom is -0.313 e. The Bertz CT molecular complexity index is 547. The van der Waals surface area contributed by atoms with Crippen molar-refractivity contribution in [1.82, 2.24) is 10.3 Å². The maximum absolute atomic E-state index is 12.1. The number of amides is 1. The molecule has 4 nitrogen and oxygen atoms in total. The maximum Gasteiger partial charge on any atom is 0.230 e. The molecule has 1 aliphatic rings. The van der Waals surface area contributed by atoms with Crippen molar-refractivity contribution < 1.29 is 4.79 Å². The Labute approximate surface area is 109 Å². The van der Waals surface area contributed by atoms with E-state index in [1.165, 1.54) is 11.3 Å². The van der Waals surface area contributed by atoms with Gasteiger partial charge in [0, 0.05) is 6.04 Å². The van der Waals surface area contributed by atoms with E-state index in [9.17, 15) is 4.79 Å². The van der Waals surface area contributed by atoms with E-state index in [1.807, 2.05) is 24.3 Å². The topological polar surface area (TPSA) is 54.0 Å². The van der Waals surface area contributed by atoms with E-state index in [0.29, 0.717) is 5.13 Å². The lowest BCUT2D eigenvalue weighted by atomic mass is 10.0. The van der Waals surface area contributed by atoms with Crippen LogP contribution in [0.1, 0.15) is 13.3 Å². The molecule has 3 rings (SSSR count). The van der Waals surface area contributed by atoms with Crippen molar-refractivity contribution in [2.75, 3.05) is 11.9 Å². The van der Waals surface area contributed by atoms with Crippen molar-refractivity contribution in [3.8, 4) is 0 Å². The van der Waals surface area contributed by atoms with Crippen molar-refractivity contribution in [3.05, 3.63) is 24.3 Å². The van der Waals surface area contributed by atoms with Gasteiger partial charge >= 0.3 is 0 Å². The molecule has 1 amide bonds. The number of nitrogens with zero attached hydrogens (tertiary/aromatic N) is 1. The van der Waals surface area contributed by atoms with E-state index in [2.05, 4.69) is 22.5 Å². The molecule has 1 aromatic carbocycles. The highest BCUT2D eigenvalue weighted by Gasteiger charge is 2.29. The Hall–Kier alpha value is -1.46. The molecule has 1 saturated heterocycles. The predicted molar refractivity (Wildman–Crippen MR) is 73.8 cm³/mol. The molecule has 1 aromatic heterocycles. The van der Waals surface area contributed by atoms with E-state index in [1.54, 1.807) is 0 Å². The zero-order valence-electron chi connectivity index (χ0n) is 10.1. The molecule has 18 heavy (non-hydrogen) atoms. The molecular weight excluding hydrogens is 246 g/mol. The van der Waals surface area contributed by atoms with Gasteiger partial charge in [-0.25, -0.2) is 4.98 Å². The van der Waals surface area contributed by atoms with Crippen LogP contribution in [-0.4, -0.2) is 23.5 Å². The third-order valence-corrected chi connectivity index (χ3v) is 4.34. The standard InChI is InChI=1S/C13H15N3OS/c1-8-9(6-7-14-8)12(17)16-13-15-10-4-2-3-5-11(10)18-13/h2-5,8-9,14H,6-7H2,1H3,(H,15,16,17). The lowest BCUT2D eigenvalue weighted by molar-refractivity contribution is -0.119. The summed E-state index contributed by atoms with van der Waals surface area (Å²) in [5.74, 6) is 0.128. The quantitative estimate of drug-likeness (QED) is 0.871. The molecule has 5 heteroatoms. The number of aromatic nitrogens is 1. The monoisotopic (exact) mass is 261 g/mol. The van der Waals surface area contributed by atoms with Gasteiger partial charge in [0.15, 0.2) is 5.13 Å². The Balaban J connectivity index is 1.77. The average Bonchev–Trinajstić information content (AvgIpc) is 2.94. The molecule has 2 unspecified atom stereocenters. The van der Waals surface area contributed by atoms with E-state index < -0.39 is 0 Å². The van der Waals surface area contributed by atoms with Crippen LogP contribution in [0.2, 0.25) is 0 Å². The SMILES string of the molecule is CC1NCCC1C(=O)Nc1nc2ccccc2s1. The van der Waals surface area contributed by atoms with Gasteiger partial charge in [0.1, 0.15) is 0 Å². The van der Waals surface area contributed by atoms with E-state index >= 15 is 0 Å². The second kappa shape index (κ2) is 4.66. The average molecular weight is 261 g/mol. The van der Waals surface area contributed by atoms with Crippen molar-refractivity contribution in [2.24, 2.45) is 5.92 Å². The van der Waals surface area contributed by atoms with Gasteiger partial charge in [-0.1, -0.05) is 23.5 Å². The largest absolute Gasteiger partial charge is 0.313 e. The number of fused-ring (bicyclic) bond motifs is 1. The number of rotatable bonds is 2. The van der Waals surface area contributed by atoms with Gasteiger partial charge in [0.25, 0.3) is 0 Å². The van der Waals surface area contributed by atoms with Crippen LogP contribution in [0, 0.1) is 5.92 Å². The van der Waals surface area contributed by atoms with Crippen molar-refractivity contribution >= 4 is 32.6 Å². The Morgan fingerprint density at radius 1 is 1.50 bits per heavy atom. The van der Waals surface area contributed by atoms with Gasteiger partial charge in [-0.05, 0) is 32.0 Å². The second-order valence-corrected chi connectivity index (χ2v) is 5.64. The number of anilines is 1. The number of carbonyl (C=O) groups is 1. The zero-order chi connectivity index (χ0) is 12.5. The Morgan fingerprint density at radius 2 is 2.33 bits per heavy atom. The molecule has 0 spiro atoms. The molecule has 2 atom stereocenters. The van der Waals surface area contributed by atoms with Gasteiger partial charge in [-0.2, -0.15) is 0 Å². The molecule has 0 saturated carbocycles. The summed E-state index contributed by atoms with van der Waals surface area (Å²) in [4.78, 5) is 16.5. The highest BCUT2D eigenvalue weighted by molar-refractivity contribution is 7.22. The Kier molecular flexibility index (Phi) is 3.01. The van der Waals surface area contributed by atoms with Crippen LogP contribution < -0.4 is 10.6 Å². The van der Waals surface area contributed by atoms with Crippen LogP contribution in [0.15, 0.2) is 24.3 Å². The molecule has 0 radical (unpaired) electrons. The van der Waals surface area contributed by atoms with Gasteiger partial charge in [0.2, 0.25) is 5.91 Å². The highest BCUT2D eigenvalue weighted by atomic mass is 32.1. The number of benzene rings is 1. The molecule has 1 fully saturated rings. The van der Waals surface area contributed by atoms with Crippen LogP contribution >= 0.6 is 11.3 Å². The number of thiazole rings is 1. The van der Waals surface area contributed by atoms with Crippen LogP contribution in [-0.2, 0) is 4.79 Å². The summed E-state index contributed by atoms with van der Waals surface area (Å²) in [5.41, 5.74) is 0.940. The summed E-state index contributed by atoms with van der Waals surface area (Å²) in [5, 5.41) is 6.91. The first kappa shape index (κ1) is 11.6. The van der Waals surface area contributed by atoms with Gasteiger partial charge in [-0.3, -0.25) is 4.79 Å². The van der Waals surface area contributed by atoms with Crippen LogP contribution in [0.3, 0.4) is 0 Å². The number of nitrogens with one attached hydrogen (secondary N) is 2. The zero-order valence-corrected chi connectivity index (χ0v) is 11.0. The van der Waals surface area contributed by atoms with E-state index in [4.69, 9.17) is 0 Å². The number of hydrogen-bond acceptors (Lipinski definition) is 4. The van der Waals surface area contributed by atoms with E-state index in [-0.39, 0.29) is 17.9 Å². The first-order chi connectivity index (χ1) is 8.74. The van der Waals surface area contributed by atoms with Crippen LogP contribution in [0.5, 0.6) is 0 Å². The normalized spacial score (nSPS) is 23.4. The predicted octanol–water partition coefficient (Wildman–Crippen LogP) is 2.23. The van der Waals surface area contributed by atoms with Crippen molar-refractivity contribution in [3.63, 3.8) is 0 Å². The summed E-state index contributed by atoms with van der Waals surface area (Å²) < 4.78 is 1.10. The highest BCUT2D eigenvalue weighted by Crippen LogP contribution is 2.26. The summed E-state index contributed by atoms with van der Waals surface area (Å²) in [6.45, 7) is 2.97. The fourth-order valence-corrected chi connectivity index (χ4v) is 3.21. The number of para-hydroxylation sites is 1. The number of carbonyl (C=O) groups excluding carboxylic acids is 1. The van der Waals surface area contributed by atoms with Gasteiger partial charge in [0.05, 0.1) is 16.1 Å².